The molecule has 0 unspecified atom stereocenters. The number of aromatic nitrogens is 1. The van der Waals surface area contributed by atoms with Gasteiger partial charge in [-0.15, -0.1) is 0 Å². The molecule has 0 radical (unpaired) electrons. The number of benzene rings is 1. The van der Waals surface area contributed by atoms with Gasteiger partial charge in [-0.25, -0.2) is 18.2 Å². The summed E-state index contributed by atoms with van der Waals surface area (Å²) in [6.07, 6.45) is 1.30. The minimum absolute atomic E-state index is 0.0702. The molecule has 30 heavy (non-hydrogen) atoms. The summed E-state index contributed by atoms with van der Waals surface area (Å²) in [6, 6.07) is 6.49. The summed E-state index contributed by atoms with van der Waals surface area (Å²) in [4.78, 5) is 20.4. The smallest absolute Gasteiger partial charge is 0.274 e. The molecule has 1 fully saturated rings. The van der Waals surface area contributed by atoms with E-state index in [-0.39, 0.29) is 22.1 Å². The number of rotatable bonds is 4. The second-order valence-electron chi connectivity index (χ2n) is 7.31. The maximum Gasteiger partial charge on any atom is 0.274 e. The van der Waals surface area contributed by atoms with Crippen molar-refractivity contribution in [2.75, 3.05) is 11.9 Å². The summed E-state index contributed by atoms with van der Waals surface area (Å²) in [7, 11) is 0. The number of nitrogens with zero attached hydrogens (tertiary/aromatic N) is 2. The number of aliphatic hydroxyl groups is 1. The lowest BCUT2D eigenvalue weighted by atomic mass is 9.85. The van der Waals surface area contributed by atoms with Gasteiger partial charge in [0.2, 0.25) is 0 Å². The van der Waals surface area contributed by atoms with Gasteiger partial charge in [-0.2, -0.15) is 0 Å². The van der Waals surface area contributed by atoms with Crippen LogP contribution in [0.15, 0.2) is 41.5 Å². The first kappa shape index (κ1) is 21.0. The second-order valence-corrected chi connectivity index (χ2v) is 9.10. The van der Waals surface area contributed by atoms with E-state index in [4.69, 9.17) is 17.3 Å². The van der Waals surface area contributed by atoms with E-state index in [1.165, 1.54) is 37.4 Å². The first-order valence-corrected chi connectivity index (χ1v) is 10.0. The molecule has 1 amide bonds. The molecule has 4 N–H and O–H groups in total. The van der Waals surface area contributed by atoms with E-state index in [9.17, 15) is 23.1 Å². The number of carbonyl (C=O) groups excluding carboxylic acids is 1. The van der Waals surface area contributed by atoms with E-state index >= 15 is 0 Å². The summed E-state index contributed by atoms with van der Waals surface area (Å²) in [5.74, 6) is -6.13. The van der Waals surface area contributed by atoms with Gasteiger partial charge in [0, 0.05) is 17.4 Å². The Morgan fingerprint density at radius 2 is 2.10 bits per heavy atom. The first-order valence-electron chi connectivity index (χ1n) is 8.81. The predicted octanol–water partition coefficient (Wildman–Crippen LogP) is 3.40. The number of amidine groups is 1. The van der Waals surface area contributed by atoms with Crippen LogP contribution in [0.2, 0.25) is 5.02 Å². The number of hydrogen-bond donors (Lipinski definition) is 3. The Bertz CT molecular complexity index is 1070. The average molecular weight is 457 g/mol. The lowest BCUT2D eigenvalue weighted by molar-refractivity contribution is 0.0685. The van der Waals surface area contributed by atoms with Gasteiger partial charge >= 0.3 is 0 Å². The maximum absolute atomic E-state index is 14.7. The number of nitrogens with one attached hydrogen (secondary N) is 1. The van der Waals surface area contributed by atoms with Gasteiger partial charge in [0.1, 0.15) is 16.3 Å². The number of carbonyl (C=O) groups is 1. The van der Waals surface area contributed by atoms with Crippen LogP contribution in [0.25, 0.3) is 0 Å². The number of anilines is 1. The van der Waals surface area contributed by atoms with Gasteiger partial charge in [-0.05, 0) is 37.3 Å². The Hall–Kier alpha value is -2.30. The molecule has 2 heterocycles. The van der Waals surface area contributed by atoms with Crippen molar-refractivity contribution in [3.05, 3.63) is 58.6 Å². The number of thioether (sulfide) groups is 1. The Balaban J connectivity index is 1.71. The summed E-state index contributed by atoms with van der Waals surface area (Å²) < 4.78 is 42.3. The summed E-state index contributed by atoms with van der Waals surface area (Å²) >= 11 is 6.35. The molecule has 0 saturated heterocycles. The van der Waals surface area contributed by atoms with Gasteiger partial charge in [-0.1, -0.05) is 23.4 Å². The number of aliphatic imine (C=N–C) groups is 1. The topological polar surface area (TPSA) is 101 Å². The molecule has 158 valence electrons. The zero-order valence-corrected chi connectivity index (χ0v) is 17.1. The van der Waals surface area contributed by atoms with Crippen LogP contribution in [0.5, 0.6) is 0 Å². The van der Waals surface area contributed by atoms with Crippen molar-refractivity contribution in [3.8, 4) is 0 Å². The molecule has 4 rings (SSSR count). The van der Waals surface area contributed by atoms with Gasteiger partial charge < -0.3 is 16.2 Å². The quantitative estimate of drug-likeness (QED) is 0.654. The van der Waals surface area contributed by atoms with Crippen LogP contribution in [0, 0.1) is 11.7 Å². The second kappa shape index (κ2) is 6.86. The van der Waals surface area contributed by atoms with Crippen LogP contribution >= 0.6 is 23.4 Å². The molecular weight excluding hydrogens is 441 g/mol. The number of amides is 1. The zero-order valence-electron chi connectivity index (χ0n) is 15.5. The van der Waals surface area contributed by atoms with E-state index in [0.29, 0.717) is 16.8 Å². The Morgan fingerprint density at radius 3 is 2.73 bits per heavy atom. The number of aliphatic hydroxyl groups excluding tert-OH is 1. The molecule has 11 heteroatoms. The van der Waals surface area contributed by atoms with E-state index < -0.39 is 40.5 Å². The van der Waals surface area contributed by atoms with E-state index in [1.807, 2.05) is 0 Å². The minimum atomic E-state index is -3.30. The van der Waals surface area contributed by atoms with Crippen LogP contribution in [0.3, 0.4) is 0 Å². The van der Waals surface area contributed by atoms with Crippen molar-refractivity contribution in [2.45, 2.75) is 23.1 Å². The van der Waals surface area contributed by atoms with E-state index in [2.05, 4.69) is 15.3 Å². The number of hydrogen-bond acceptors (Lipinski definition) is 6. The molecule has 3 atom stereocenters. The van der Waals surface area contributed by atoms with E-state index in [1.54, 1.807) is 0 Å². The molecule has 0 spiro atoms. The van der Waals surface area contributed by atoms with Crippen LogP contribution in [0.4, 0.5) is 18.9 Å². The normalized spacial score (nSPS) is 29.0. The Morgan fingerprint density at radius 1 is 1.37 bits per heavy atom. The summed E-state index contributed by atoms with van der Waals surface area (Å²) in [5.41, 5.74) is 4.11. The third kappa shape index (κ3) is 2.97. The van der Waals surface area contributed by atoms with Gasteiger partial charge in [0.25, 0.3) is 11.8 Å². The van der Waals surface area contributed by atoms with Crippen molar-refractivity contribution in [2.24, 2.45) is 16.6 Å². The molecule has 1 saturated carbocycles. The van der Waals surface area contributed by atoms with Crippen LogP contribution < -0.4 is 11.1 Å². The van der Waals surface area contributed by atoms with Crippen molar-refractivity contribution in [1.82, 2.24) is 4.98 Å². The zero-order chi connectivity index (χ0) is 21.9. The van der Waals surface area contributed by atoms with Gasteiger partial charge in [0.15, 0.2) is 5.17 Å². The Kier molecular flexibility index (Phi) is 4.79. The molecule has 1 aliphatic heterocycles. The molecule has 0 bridgehead atoms. The SMILES string of the molecule is C[C@@]1(c2cc(NC(=O)c3ccc(Cl)cn3)ccc2F)N=C(N)S[C@]2(CO)[C@@H]1C2(F)F. The number of pyridine rings is 1. The standard InChI is InChI=1S/C19H16ClF3N4O2S/c1-17(15-18(8-28,19(15,22)23)30-16(24)27-17)11-6-10(3-4-12(11)21)26-14(29)13-5-2-9(20)7-25-13/h2-7,15,28H,8H2,1H3,(H2,24,27)(H,26,29)/t15-,17+,18-/m1/s1. The number of alkyl halides is 2. The third-order valence-electron chi connectivity index (χ3n) is 5.47. The highest BCUT2D eigenvalue weighted by Gasteiger charge is 2.87. The molecule has 1 aromatic carbocycles. The Labute approximate surface area is 178 Å². The van der Waals surface area contributed by atoms with Crippen molar-refractivity contribution >= 4 is 40.1 Å². The molecule has 2 aliphatic rings. The van der Waals surface area contributed by atoms with Crippen LogP contribution in [-0.2, 0) is 5.54 Å². The monoisotopic (exact) mass is 456 g/mol. The highest BCUT2D eigenvalue weighted by atomic mass is 35.5. The molecular formula is C19H16ClF3N4O2S. The first-order chi connectivity index (χ1) is 14.0. The fraction of sp³-hybridized carbons (Fsp3) is 0.316. The van der Waals surface area contributed by atoms with Gasteiger partial charge in [0.05, 0.1) is 23.1 Å². The maximum atomic E-state index is 14.7. The molecule has 2 aromatic rings. The van der Waals surface area contributed by atoms with Crippen molar-refractivity contribution < 1.29 is 23.1 Å². The van der Waals surface area contributed by atoms with Crippen LogP contribution in [0.1, 0.15) is 23.0 Å². The summed E-state index contributed by atoms with van der Waals surface area (Å²) in [5, 5.41) is 12.4. The molecule has 1 aliphatic carbocycles. The molecule has 1 aromatic heterocycles. The lowest BCUT2D eigenvalue weighted by Gasteiger charge is -2.32. The highest BCUT2D eigenvalue weighted by Crippen LogP contribution is 2.74. The fourth-order valence-electron chi connectivity index (χ4n) is 4.01. The third-order valence-corrected chi connectivity index (χ3v) is 6.99. The van der Waals surface area contributed by atoms with Gasteiger partial charge in [-0.3, -0.25) is 9.79 Å². The largest absolute Gasteiger partial charge is 0.395 e. The van der Waals surface area contributed by atoms with E-state index in [0.717, 1.165) is 6.07 Å². The van der Waals surface area contributed by atoms with Crippen molar-refractivity contribution in [3.63, 3.8) is 0 Å². The summed E-state index contributed by atoms with van der Waals surface area (Å²) in [6.45, 7) is 0.516. The number of halogens is 4. The minimum Gasteiger partial charge on any atom is -0.395 e. The fourth-order valence-corrected chi connectivity index (χ4v) is 5.49. The predicted molar refractivity (Wildman–Crippen MR) is 108 cm³/mol. The number of nitrogens with two attached hydrogens (primary N) is 1. The highest BCUT2D eigenvalue weighted by molar-refractivity contribution is 8.15. The molecule has 6 nitrogen and oxygen atoms in total. The number of fused-ring (bicyclic) bond motifs is 1. The van der Waals surface area contributed by atoms with Crippen molar-refractivity contribution in [1.29, 1.82) is 0 Å². The lowest BCUT2D eigenvalue weighted by Crippen LogP contribution is -2.37. The average Bonchev–Trinajstić information content (AvgIpc) is 3.19. The van der Waals surface area contributed by atoms with Crippen LogP contribution in [-0.4, -0.2) is 38.4 Å².